The molecule has 0 radical (unpaired) electrons. The van der Waals surface area contributed by atoms with Crippen molar-refractivity contribution in [1.29, 1.82) is 0 Å². The van der Waals surface area contributed by atoms with Crippen molar-refractivity contribution in [3.05, 3.63) is 46.6 Å². The molecule has 82 valence electrons. The monoisotopic (exact) mass is 254 g/mol. The minimum Gasteiger partial charge on any atom is -0.420 e. The number of benzene rings is 1. The third kappa shape index (κ3) is 2.62. The van der Waals surface area contributed by atoms with Crippen molar-refractivity contribution < 1.29 is 4.42 Å². The van der Waals surface area contributed by atoms with Gasteiger partial charge in [-0.05, 0) is 17.7 Å². The maximum Gasteiger partial charge on any atom is 0.240 e. The number of hydrogen-bond acceptors (Lipinski definition) is 3. The Labute approximate surface area is 103 Å². The van der Waals surface area contributed by atoms with E-state index in [4.69, 9.17) is 27.6 Å². The molecule has 3 nitrogen and oxygen atoms in total. The molecule has 0 amide bonds. The van der Waals surface area contributed by atoms with Crippen molar-refractivity contribution in [3.8, 4) is 0 Å². The fraction of sp³-hybridized carbons (Fsp3) is 0.0909. The molecule has 5 heteroatoms. The minimum atomic E-state index is 0.215. The Morgan fingerprint density at radius 2 is 2.00 bits per heavy atom. The second-order valence-corrected chi connectivity index (χ2v) is 3.70. The number of hydrogen-bond donors (Lipinski definition) is 0. The van der Waals surface area contributed by atoms with Crippen molar-refractivity contribution >= 4 is 35.4 Å². The van der Waals surface area contributed by atoms with Gasteiger partial charge in [-0.2, -0.15) is 0 Å². The number of rotatable bonds is 3. The van der Waals surface area contributed by atoms with Gasteiger partial charge in [-0.15, -0.1) is 21.8 Å². The topological polar surface area (TPSA) is 38.9 Å². The predicted octanol–water partition coefficient (Wildman–Crippen LogP) is 3.63. The largest absolute Gasteiger partial charge is 0.420 e. The lowest BCUT2D eigenvalue weighted by molar-refractivity contribution is 0.505. The van der Waals surface area contributed by atoms with E-state index in [0.717, 1.165) is 5.56 Å². The summed E-state index contributed by atoms with van der Waals surface area (Å²) in [7, 11) is 0. The first kappa shape index (κ1) is 11.2. The lowest BCUT2D eigenvalue weighted by atomic mass is 10.2. The Bertz CT molecular complexity index is 508. The maximum absolute atomic E-state index is 5.98. The van der Waals surface area contributed by atoms with Crippen LogP contribution in [-0.2, 0) is 5.88 Å². The van der Waals surface area contributed by atoms with Crippen LogP contribution in [0.1, 0.15) is 17.3 Å². The summed E-state index contributed by atoms with van der Waals surface area (Å²) in [5.74, 6) is 1.03. The van der Waals surface area contributed by atoms with Crippen molar-refractivity contribution in [2.75, 3.05) is 0 Å². The van der Waals surface area contributed by atoms with E-state index in [1.807, 2.05) is 30.3 Å². The van der Waals surface area contributed by atoms with Gasteiger partial charge in [0.05, 0.1) is 0 Å². The Balaban J connectivity index is 2.18. The molecule has 0 fully saturated rings. The van der Waals surface area contributed by atoms with Crippen molar-refractivity contribution in [1.82, 2.24) is 10.2 Å². The summed E-state index contributed by atoms with van der Waals surface area (Å²) in [5.41, 5.74) is 0.898. The predicted molar refractivity (Wildman–Crippen MR) is 64.2 cm³/mol. The highest BCUT2D eigenvalue weighted by Gasteiger charge is 2.01. The summed E-state index contributed by atoms with van der Waals surface area (Å²) in [6.07, 6.45) is 3.51. The third-order valence-corrected chi connectivity index (χ3v) is 2.48. The highest BCUT2D eigenvalue weighted by molar-refractivity contribution is 6.32. The quantitative estimate of drug-likeness (QED) is 0.786. The molecule has 0 unspecified atom stereocenters. The zero-order chi connectivity index (χ0) is 11.4. The highest BCUT2D eigenvalue weighted by Crippen LogP contribution is 2.17. The second kappa shape index (κ2) is 5.14. The average Bonchev–Trinajstić information content (AvgIpc) is 2.76. The molecule has 1 heterocycles. The zero-order valence-electron chi connectivity index (χ0n) is 8.23. The molecule has 0 aliphatic heterocycles. The summed E-state index contributed by atoms with van der Waals surface area (Å²) < 4.78 is 5.21. The second-order valence-electron chi connectivity index (χ2n) is 3.02. The van der Waals surface area contributed by atoms with Gasteiger partial charge in [0.2, 0.25) is 11.8 Å². The Kier molecular flexibility index (Phi) is 3.59. The van der Waals surface area contributed by atoms with Crippen LogP contribution in [0.2, 0.25) is 5.02 Å². The molecule has 0 spiro atoms. The molecular formula is C11H8Cl2N2O. The molecule has 0 atom stereocenters. The van der Waals surface area contributed by atoms with Crippen LogP contribution < -0.4 is 0 Å². The molecule has 0 aliphatic carbocycles. The van der Waals surface area contributed by atoms with Gasteiger partial charge in [0.1, 0.15) is 5.88 Å². The number of halogens is 2. The molecule has 0 bridgehead atoms. The summed E-state index contributed by atoms with van der Waals surface area (Å²) in [6, 6.07) is 7.50. The van der Waals surface area contributed by atoms with E-state index in [0.29, 0.717) is 16.8 Å². The van der Waals surface area contributed by atoms with Crippen LogP contribution in [0.4, 0.5) is 0 Å². The first-order valence-electron chi connectivity index (χ1n) is 4.60. The van der Waals surface area contributed by atoms with Crippen molar-refractivity contribution in [2.45, 2.75) is 5.88 Å². The van der Waals surface area contributed by atoms with Gasteiger partial charge in [0.15, 0.2) is 0 Å². The zero-order valence-corrected chi connectivity index (χ0v) is 9.74. The third-order valence-electron chi connectivity index (χ3n) is 1.91. The van der Waals surface area contributed by atoms with Gasteiger partial charge >= 0.3 is 0 Å². The van der Waals surface area contributed by atoms with Gasteiger partial charge in [-0.1, -0.05) is 29.8 Å². The first-order chi connectivity index (χ1) is 7.79. The number of aromatic nitrogens is 2. The van der Waals surface area contributed by atoms with Crippen LogP contribution in [-0.4, -0.2) is 10.2 Å². The Morgan fingerprint density at radius 1 is 1.19 bits per heavy atom. The van der Waals surface area contributed by atoms with E-state index in [9.17, 15) is 0 Å². The molecular weight excluding hydrogens is 247 g/mol. The van der Waals surface area contributed by atoms with Gasteiger partial charge < -0.3 is 4.42 Å². The molecule has 1 aromatic heterocycles. The van der Waals surface area contributed by atoms with E-state index in [2.05, 4.69) is 10.2 Å². The van der Waals surface area contributed by atoms with Crippen LogP contribution >= 0.6 is 23.2 Å². The van der Waals surface area contributed by atoms with Gasteiger partial charge in [-0.3, -0.25) is 0 Å². The lowest BCUT2D eigenvalue weighted by Gasteiger charge is -1.94. The van der Waals surface area contributed by atoms with E-state index >= 15 is 0 Å². The molecule has 2 aromatic rings. The fourth-order valence-corrected chi connectivity index (χ4v) is 1.47. The van der Waals surface area contributed by atoms with E-state index in [1.165, 1.54) is 0 Å². The molecule has 0 saturated carbocycles. The Hall–Kier alpha value is -1.32. The van der Waals surface area contributed by atoms with Gasteiger partial charge in [0.25, 0.3) is 0 Å². The summed E-state index contributed by atoms with van der Waals surface area (Å²) in [4.78, 5) is 0. The van der Waals surface area contributed by atoms with Gasteiger partial charge in [-0.25, -0.2) is 0 Å². The van der Waals surface area contributed by atoms with Crippen LogP contribution in [0.15, 0.2) is 28.7 Å². The van der Waals surface area contributed by atoms with Crippen LogP contribution in [0.3, 0.4) is 0 Å². The van der Waals surface area contributed by atoms with Crippen LogP contribution in [0.25, 0.3) is 12.2 Å². The first-order valence-corrected chi connectivity index (χ1v) is 5.52. The van der Waals surface area contributed by atoms with E-state index < -0.39 is 0 Å². The summed E-state index contributed by atoms with van der Waals surface area (Å²) >= 11 is 11.5. The normalized spacial score (nSPS) is 11.1. The van der Waals surface area contributed by atoms with Crippen LogP contribution in [0.5, 0.6) is 0 Å². The standard InChI is InChI=1S/C11H8Cl2N2O/c12-7-11-15-14-10(16-11)6-5-8-3-1-2-4-9(8)13/h1-6H,7H2/b6-5+. The average molecular weight is 255 g/mol. The van der Waals surface area contributed by atoms with E-state index in [1.54, 1.807) is 6.08 Å². The Morgan fingerprint density at radius 3 is 2.69 bits per heavy atom. The lowest BCUT2D eigenvalue weighted by Crippen LogP contribution is -1.75. The molecule has 0 N–H and O–H groups in total. The summed E-state index contributed by atoms with van der Waals surface area (Å²) in [5, 5.41) is 8.21. The fourth-order valence-electron chi connectivity index (χ4n) is 1.16. The van der Waals surface area contributed by atoms with Gasteiger partial charge in [0, 0.05) is 11.1 Å². The molecule has 0 aliphatic rings. The molecule has 0 saturated heterocycles. The van der Waals surface area contributed by atoms with Crippen molar-refractivity contribution in [2.24, 2.45) is 0 Å². The van der Waals surface area contributed by atoms with Crippen molar-refractivity contribution in [3.63, 3.8) is 0 Å². The maximum atomic E-state index is 5.98. The molecule has 2 rings (SSSR count). The minimum absolute atomic E-state index is 0.215. The molecule has 16 heavy (non-hydrogen) atoms. The molecule has 1 aromatic carbocycles. The smallest absolute Gasteiger partial charge is 0.240 e. The number of alkyl halides is 1. The van der Waals surface area contributed by atoms with E-state index in [-0.39, 0.29) is 5.88 Å². The summed E-state index contributed by atoms with van der Waals surface area (Å²) in [6.45, 7) is 0. The number of nitrogens with zero attached hydrogens (tertiary/aromatic N) is 2. The highest BCUT2D eigenvalue weighted by atomic mass is 35.5. The van der Waals surface area contributed by atoms with Crippen LogP contribution in [0, 0.1) is 0 Å². The SMILES string of the molecule is ClCc1nnc(/C=C/c2ccccc2Cl)o1.